The second kappa shape index (κ2) is 11.2. The maximum absolute atomic E-state index is 12.7. The van der Waals surface area contributed by atoms with Crippen LogP contribution in [0.1, 0.15) is 44.6 Å². The molecule has 6 heteroatoms. The van der Waals surface area contributed by atoms with E-state index in [-0.39, 0.29) is 17.7 Å². The molecule has 0 unspecified atom stereocenters. The van der Waals surface area contributed by atoms with Gasteiger partial charge in [-0.2, -0.15) is 11.8 Å². The summed E-state index contributed by atoms with van der Waals surface area (Å²) in [7, 11) is 1.62. The second-order valence-corrected chi connectivity index (χ2v) is 8.31. The molecule has 1 aromatic rings. The standard InChI is InChI=1S/C21H32N2O3S/c1-15-8-10-16(11-9-15)20(24)23-18(12-13-27-3)21(25)22-14-17-6-4-5-7-19(17)26-2/h4-7,15-16,18H,8-14H2,1-3H3,(H,22,25)(H,23,24)/t15?,16?,18-/m1/s1. The van der Waals surface area contributed by atoms with E-state index in [0.717, 1.165) is 42.7 Å². The summed E-state index contributed by atoms with van der Waals surface area (Å²) in [6.45, 7) is 2.62. The summed E-state index contributed by atoms with van der Waals surface area (Å²) in [6, 6.07) is 7.13. The minimum Gasteiger partial charge on any atom is -0.496 e. The Hall–Kier alpha value is -1.69. The van der Waals surface area contributed by atoms with Gasteiger partial charge < -0.3 is 15.4 Å². The lowest BCUT2D eigenvalue weighted by atomic mass is 9.82. The largest absolute Gasteiger partial charge is 0.496 e. The zero-order chi connectivity index (χ0) is 19.6. The number of amides is 2. The van der Waals surface area contributed by atoms with Gasteiger partial charge in [-0.25, -0.2) is 0 Å². The number of thioether (sulfide) groups is 1. The fourth-order valence-electron chi connectivity index (χ4n) is 3.47. The molecule has 2 amide bonds. The Balaban J connectivity index is 1.93. The number of carbonyl (C=O) groups excluding carboxylic acids is 2. The van der Waals surface area contributed by atoms with E-state index in [2.05, 4.69) is 17.6 Å². The maximum Gasteiger partial charge on any atom is 0.242 e. The molecule has 1 aliphatic carbocycles. The molecule has 27 heavy (non-hydrogen) atoms. The first-order valence-electron chi connectivity index (χ1n) is 9.74. The summed E-state index contributed by atoms with van der Waals surface area (Å²) in [6.07, 6.45) is 6.67. The number of para-hydroxylation sites is 1. The predicted octanol–water partition coefficient (Wildman–Crippen LogP) is 3.38. The van der Waals surface area contributed by atoms with E-state index in [1.807, 2.05) is 30.5 Å². The fourth-order valence-corrected chi connectivity index (χ4v) is 3.94. The van der Waals surface area contributed by atoms with Gasteiger partial charge in [-0.05, 0) is 56.1 Å². The van der Waals surface area contributed by atoms with Gasteiger partial charge in [0.15, 0.2) is 0 Å². The Bertz CT molecular complexity index is 615. The number of carbonyl (C=O) groups is 2. The minimum atomic E-state index is -0.487. The van der Waals surface area contributed by atoms with Gasteiger partial charge in [0.1, 0.15) is 11.8 Å². The van der Waals surface area contributed by atoms with Crippen LogP contribution in [0.5, 0.6) is 5.75 Å². The average Bonchev–Trinajstić information content (AvgIpc) is 2.69. The lowest BCUT2D eigenvalue weighted by Crippen LogP contribution is -2.49. The summed E-state index contributed by atoms with van der Waals surface area (Å²) in [5, 5.41) is 5.96. The van der Waals surface area contributed by atoms with Crippen LogP contribution in [-0.2, 0) is 16.1 Å². The Labute approximate surface area is 167 Å². The van der Waals surface area contributed by atoms with Crippen LogP contribution in [-0.4, -0.2) is 37.0 Å². The summed E-state index contributed by atoms with van der Waals surface area (Å²) in [4.78, 5) is 25.4. The molecule has 0 aliphatic heterocycles. The molecule has 2 N–H and O–H groups in total. The molecule has 1 atom stereocenters. The first-order chi connectivity index (χ1) is 13.0. The number of benzene rings is 1. The third kappa shape index (κ3) is 6.76. The summed E-state index contributed by atoms with van der Waals surface area (Å²) in [5.41, 5.74) is 0.921. The van der Waals surface area contributed by atoms with Gasteiger partial charge in [0.25, 0.3) is 0 Å². The molecule has 5 nitrogen and oxygen atoms in total. The number of ether oxygens (including phenoxy) is 1. The van der Waals surface area contributed by atoms with Gasteiger partial charge in [-0.3, -0.25) is 9.59 Å². The highest BCUT2D eigenvalue weighted by Crippen LogP contribution is 2.28. The third-order valence-corrected chi connectivity index (χ3v) is 5.92. The number of hydrogen-bond donors (Lipinski definition) is 2. The van der Waals surface area contributed by atoms with Gasteiger partial charge in [-0.1, -0.05) is 25.1 Å². The SMILES string of the molecule is COc1ccccc1CNC(=O)[C@@H](CCSC)NC(=O)C1CCC(C)CC1. The summed E-state index contributed by atoms with van der Waals surface area (Å²) < 4.78 is 5.33. The molecule has 0 saturated heterocycles. The van der Waals surface area contributed by atoms with E-state index in [0.29, 0.717) is 18.9 Å². The molecular formula is C21H32N2O3S. The van der Waals surface area contributed by atoms with E-state index < -0.39 is 6.04 Å². The van der Waals surface area contributed by atoms with Crippen molar-refractivity contribution in [2.45, 2.75) is 51.6 Å². The number of hydrogen-bond acceptors (Lipinski definition) is 4. The maximum atomic E-state index is 12.7. The monoisotopic (exact) mass is 392 g/mol. The Morgan fingerprint density at radius 2 is 1.93 bits per heavy atom. The van der Waals surface area contributed by atoms with Gasteiger partial charge in [0.2, 0.25) is 11.8 Å². The van der Waals surface area contributed by atoms with E-state index in [1.54, 1.807) is 18.9 Å². The first-order valence-corrected chi connectivity index (χ1v) is 11.1. The van der Waals surface area contributed by atoms with Crippen molar-refractivity contribution < 1.29 is 14.3 Å². The minimum absolute atomic E-state index is 0.0282. The number of nitrogens with one attached hydrogen (secondary N) is 2. The molecule has 0 bridgehead atoms. The Morgan fingerprint density at radius 1 is 1.22 bits per heavy atom. The normalized spacial score (nSPS) is 20.6. The van der Waals surface area contributed by atoms with Crippen LogP contribution in [0.2, 0.25) is 0 Å². The van der Waals surface area contributed by atoms with Gasteiger partial charge in [-0.15, -0.1) is 0 Å². The van der Waals surface area contributed by atoms with Crippen LogP contribution >= 0.6 is 11.8 Å². The zero-order valence-corrected chi connectivity index (χ0v) is 17.4. The van der Waals surface area contributed by atoms with Crippen molar-refractivity contribution >= 4 is 23.6 Å². The van der Waals surface area contributed by atoms with Crippen LogP contribution in [0.3, 0.4) is 0 Å². The van der Waals surface area contributed by atoms with Crippen molar-refractivity contribution in [3.8, 4) is 5.75 Å². The van der Waals surface area contributed by atoms with E-state index >= 15 is 0 Å². The Morgan fingerprint density at radius 3 is 2.59 bits per heavy atom. The number of methoxy groups -OCH3 is 1. The van der Waals surface area contributed by atoms with Crippen LogP contribution in [0.25, 0.3) is 0 Å². The average molecular weight is 393 g/mol. The molecule has 0 radical (unpaired) electrons. The highest BCUT2D eigenvalue weighted by molar-refractivity contribution is 7.98. The first kappa shape index (κ1) is 21.6. The summed E-state index contributed by atoms with van der Waals surface area (Å²) in [5.74, 6) is 2.21. The lowest BCUT2D eigenvalue weighted by Gasteiger charge is -2.27. The quantitative estimate of drug-likeness (QED) is 0.676. The smallest absolute Gasteiger partial charge is 0.242 e. The van der Waals surface area contributed by atoms with E-state index in [1.165, 1.54) is 0 Å². The molecule has 0 heterocycles. The molecule has 0 aromatic heterocycles. The highest BCUT2D eigenvalue weighted by Gasteiger charge is 2.28. The summed E-state index contributed by atoms with van der Waals surface area (Å²) >= 11 is 1.68. The second-order valence-electron chi connectivity index (χ2n) is 7.33. The molecular weight excluding hydrogens is 360 g/mol. The fraction of sp³-hybridized carbons (Fsp3) is 0.619. The topological polar surface area (TPSA) is 67.4 Å². The Kier molecular flexibility index (Phi) is 8.98. The molecule has 2 rings (SSSR count). The molecule has 1 aliphatic rings. The van der Waals surface area contributed by atoms with Crippen molar-refractivity contribution in [2.75, 3.05) is 19.1 Å². The molecule has 1 fully saturated rings. The van der Waals surface area contributed by atoms with Gasteiger partial charge in [0.05, 0.1) is 7.11 Å². The molecule has 150 valence electrons. The van der Waals surface area contributed by atoms with Crippen molar-refractivity contribution in [3.63, 3.8) is 0 Å². The van der Waals surface area contributed by atoms with Crippen molar-refractivity contribution in [1.82, 2.24) is 10.6 Å². The highest BCUT2D eigenvalue weighted by atomic mass is 32.2. The van der Waals surface area contributed by atoms with Crippen LogP contribution in [0.15, 0.2) is 24.3 Å². The van der Waals surface area contributed by atoms with E-state index in [4.69, 9.17) is 4.74 Å². The predicted molar refractivity (Wildman–Crippen MR) is 111 cm³/mol. The van der Waals surface area contributed by atoms with Crippen molar-refractivity contribution in [3.05, 3.63) is 29.8 Å². The van der Waals surface area contributed by atoms with Crippen LogP contribution in [0, 0.1) is 11.8 Å². The van der Waals surface area contributed by atoms with Crippen LogP contribution < -0.4 is 15.4 Å². The van der Waals surface area contributed by atoms with Gasteiger partial charge in [0, 0.05) is 18.0 Å². The van der Waals surface area contributed by atoms with Crippen LogP contribution in [0.4, 0.5) is 0 Å². The lowest BCUT2D eigenvalue weighted by molar-refractivity contribution is -0.132. The zero-order valence-electron chi connectivity index (χ0n) is 16.6. The molecule has 0 spiro atoms. The van der Waals surface area contributed by atoms with E-state index in [9.17, 15) is 9.59 Å². The number of rotatable bonds is 9. The van der Waals surface area contributed by atoms with Gasteiger partial charge >= 0.3 is 0 Å². The van der Waals surface area contributed by atoms with Crippen molar-refractivity contribution in [2.24, 2.45) is 11.8 Å². The molecule has 1 saturated carbocycles. The van der Waals surface area contributed by atoms with Crippen molar-refractivity contribution in [1.29, 1.82) is 0 Å². The molecule has 1 aromatic carbocycles. The third-order valence-electron chi connectivity index (χ3n) is 5.28.